The molecule has 1 aliphatic carbocycles. The molecule has 18 heavy (non-hydrogen) atoms. The number of aliphatic hydroxyl groups excluding tert-OH is 1. The monoisotopic (exact) mass is 255 g/mol. The van der Waals surface area contributed by atoms with Gasteiger partial charge in [0.2, 0.25) is 0 Å². The smallest absolute Gasteiger partial charge is 0.129 e. The first kappa shape index (κ1) is 13.4. The SMILES string of the molecule is CC(NCC(O)c1cc(F)ccc1F)C1CCC1. The van der Waals surface area contributed by atoms with Gasteiger partial charge in [0.05, 0.1) is 6.10 Å². The van der Waals surface area contributed by atoms with E-state index in [1.807, 2.05) is 0 Å². The van der Waals surface area contributed by atoms with Crippen LogP contribution in [-0.2, 0) is 0 Å². The summed E-state index contributed by atoms with van der Waals surface area (Å²) in [6, 6.07) is 3.46. The van der Waals surface area contributed by atoms with Crippen molar-refractivity contribution in [3.63, 3.8) is 0 Å². The van der Waals surface area contributed by atoms with Crippen molar-refractivity contribution >= 4 is 0 Å². The molecule has 1 aromatic rings. The Labute approximate surface area is 106 Å². The van der Waals surface area contributed by atoms with E-state index in [1.54, 1.807) is 0 Å². The Morgan fingerprint density at radius 2 is 2.11 bits per heavy atom. The zero-order chi connectivity index (χ0) is 13.1. The van der Waals surface area contributed by atoms with Gasteiger partial charge in [0, 0.05) is 18.2 Å². The third-order valence-corrected chi connectivity index (χ3v) is 3.81. The second kappa shape index (κ2) is 5.76. The predicted octanol–water partition coefficient (Wildman–Crippen LogP) is 2.78. The van der Waals surface area contributed by atoms with Crippen LogP contribution >= 0.6 is 0 Å². The summed E-state index contributed by atoms with van der Waals surface area (Å²) in [7, 11) is 0. The van der Waals surface area contributed by atoms with Crippen molar-refractivity contribution in [2.75, 3.05) is 6.54 Å². The summed E-state index contributed by atoms with van der Waals surface area (Å²) in [5.74, 6) is -0.450. The Hall–Kier alpha value is -1.00. The molecular weight excluding hydrogens is 236 g/mol. The lowest BCUT2D eigenvalue weighted by atomic mass is 9.80. The highest BCUT2D eigenvalue weighted by molar-refractivity contribution is 5.21. The summed E-state index contributed by atoms with van der Waals surface area (Å²) in [6.45, 7) is 2.32. The Morgan fingerprint density at radius 3 is 2.72 bits per heavy atom. The zero-order valence-corrected chi connectivity index (χ0v) is 10.5. The minimum atomic E-state index is -1.01. The van der Waals surface area contributed by atoms with Gasteiger partial charge in [-0.1, -0.05) is 6.42 Å². The second-order valence-electron chi connectivity index (χ2n) is 5.07. The molecule has 0 bridgehead atoms. The van der Waals surface area contributed by atoms with E-state index in [4.69, 9.17) is 0 Å². The van der Waals surface area contributed by atoms with Crippen molar-refractivity contribution in [1.82, 2.24) is 5.32 Å². The molecule has 2 unspecified atom stereocenters. The van der Waals surface area contributed by atoms with Crippen LogP contribution in [0.3, 0.4) is 0 Å². The van der Waals surface area contributed by atoms with Crippen molar-refractivity contribution in [3.8, 4) is 0 Å². The van der Waals surface area contributed by atoms with Gasteiger partial charge >= 0.3 is 0 Å². The quantitative estimate of drug-likeness (QED) is 0.848. The van der Waals surface area contributed by atoms with Crippen LogP contribution in [0.2, 0.25) is 0 Å². The minimum Gasteiger partial charge on any atom is -0.387 e. The van der Waals surface area contributed by atoms with Crippen LogP contribution in [0.25, 0.3) is 0 Å². The van der Waals surface area contributed by atoms with E-state index >= 15 is 0 Å². The lowest BCUT2D eigenvalue weighted by Gasteiger charge is -2.32. The second-order valence-corrected chi connectivity index (χ2v) is 5.07. The molecule has 0 amide bonds. The molecule has 1 aromatic carbocycles. The lowest BCUT2D eigenvalue weighted by Crippen LogP contribution is -2.39. The third-order valence-electron chi connectivity index (χ3n) is 3.81. The number of hydrogen-bond acceptors (Lipinski definition) is 2. The van der Waals surface area contributed by atoms with Crippen LogP contribution in [0.5, 0.6) is 0 Å². The fraction of sp³-hybridized carbons (Fsp3) is 0.571. The Bertz CT molecular complexity index is 407. The van der Waals surface area contributed by atoms with Crippen LogP contribution in [0.15, 0.2) is 18.2 Å². The van der Waals surface area contributed by atoms with E-state index in [-0.39, 0.29) is 12.1 Å². The maximum absolute atomic E-state index is 13.4. The maximum Gasteiger partial charge on any atom is 0.129 e. The van der Waals surface area contributed by atoms with Crippen molar-refractivity contribution in [3.05, 3.63) is 35.4 Å². The average molecular weight is 255 g/mol. The van der Waals surface area contributed by atoms with Gasteiger partial charge in [0.1, 0.15) is 11.6 Å². The van der Waals surface area contributed by atoms with E-state index in [1.165, 1.54) is 19.3 Å². The molecule has 2 atom stereocenters. The third kappa shape index (κ3) is 3.06. The highest BCUT2D eigenvalue weighted by Gasteiger charge is 2.24. The number of nitrogens with one attached hydrogen (secondary N) is 1. The van der Waals surface area contributed by atoms with Crippen molar-refractivity contribution in [2.24, 2.45) is 5.92 Å². The van der Waals surface area contributed by atoms with Crippen molar-refractivity contribution < 1.29 is 13.9 Å². The summed E-state index contributed by atoms with van der Waals surface area (Å²) in [6.07, 6.45) is 2.66. The van der Waals surface area contributed by atoms with Gasteiger partial charge in [-0.25, -0.2) is 8.78 Å². The molecule has 2 nitrogen and oxygen atoms in total. The minimum absolute atomic E-state index is 0.0170. The summed E-state index contributed by atoms with van der Waals surface area (Å²) >= 11 is 0. The first-order chi connectivity index (χ1) is 8.58. The topological polar surface area (TPSA) is 32.3 Å². The van der Waals surface area contributed by atoms with Gasteiger partial charge in [-0.05, 0) is 43.9 Å². The number of halogens is 2. The molecule has 2 N–H and O–H groups in total. The normalized spacial score (nSPS) is 19.3. The summed E-state index contributed by atoms with van der Waals surface area (Å²) in [5, 5.41) is 13.1. The molecule has 0 radical (unpaired) electrons. The molecule has 2 rings (SSSR count). The van der Waals surface area contributed by atoms with Crippen LogP contribution < -0.4 is 5.32 Å². The molecule has 1 saturated carbocycles. The number of benzene rings is 1. The first-order valence-electron chi connectivity index (χ1n) is 6.44. The average Bonchev–Trinajstić information content (AvgIpc) is 2.27. The predicted molar refractivity (Wildman–Crippen MR) is 66.1 cm³/mol. The molecule has 0 saturated heterocycles. The fourth-order valence-electron chi connectivity index (χ4n) is 2.28. The van der Waals surface area contributed by atoms with Gasteiger partial charge in [0.25, 0.3) is 0 Å². The molecule has 1 fully saturated rings. The molecule has 100 valence electrons. The van der Waals surface area contributed by atoms with Crippen LogP contribution in [0.1, 0.15) is 37.9 Å². The van der Waals surface area contributed by atoms with E-state index in [0.717, 1.165) is 18.2 Å². The molecule has 0 spiro atoms. The van der Waals surface area contributed by atoms with Crippen molar-refractivity contribution in [1.29, 1.82) is 0 Å². The number of hydrogen-bond donors (Lipinski definition) is 2. The molecule has 0 aromatic heterocycles. The number of rotatable bonds is 5. The van der Waals surface area contributed by atoms with Gasteiger partial charge in [-0.2, -0.15) is 0 Å². The number of aliphatic hydroxyl groups is 1. The van der Waals surface area contributed by atoms with Crippen LogP contribution in [0.4, 0.5) is 8.78 Å². The fourth-order valence-corrected chi connectivity index (χ4v) is 2.28. The summed E-state index contributed by atoms with van der Waals surface area (Å²) in [5.41, 5.74) is 0.0170. The van der Waals surface area contributed by atoms with Gasteiger partial charge in [-0.3, -0.25) is 0 Å². The molecule has 0 heterocycles. The Kier molecular flexibility index (Phi) is 4.30. The maximum atomic E-state index is 13.4. The lowest BCUT2D eigenvalue weighted by molar-refractivity contribution is 0.151. The summed E-state index contributed by atoms with van der Waals surface area (Å²) in [4.78, 5) is 0. The van der Waals surface area contributed by atoms with Crippen LogP contribution in [0, 0.1) is 17.6 Å². The van der Waals surface area contributed by atoms with E-state index in [9.17, 15) is 13.9 Å². The van der Waals surface area contributed by atoms with Gasteiger partial charge in [0.15, 0.2) is 0 Å². The van der Waals surface area contributed by atoms with Gasteiger partial charge in [-0.15, -0.1) is 0 Å². The van der Waals surface area contributed by atoms with Gasteiger partial charge < -0.3 is 10.4 Å². The summed E-state index contributed by atoms with van der Waals surface area (Å²) < 4.78 is 26.4. The molecule has 1 aliphatic rings. The molecule has 4 heteroatoms. The van der Waals surface area contributed by atoms with E-state index < -0.39 is 17.7 Å². The van der Waals surface area contributed by atoms with E-state index in [0.29, 0.717) is 12.0 Å². The van der Waals surface area contributed by atoms with Crippen LogP contribution in [-0.4, -0.2) is 17.7 Å². The van der Waals surface area contributed by atoms with Crippen molar-refractivity contribution in [2.45, 2.75) is 38.3 Å². The van der Waals surface area contributed by atoms with E-state index in [2.05, 4.69) is 12.2 Å². The zero-order valence-electron chi connectivity index (χ0n) is 10.5. The molecular formula is C14H19F2NO. The standard InChI is InChI=1S/C14H19F2NO/c1-9(10-3-2-4-10)17-8-14(18)12-7-11(15)5-6-13(12)16/h5-7,9-10,14,17-18H,2-4,8H2,1H3. The Balaban J connectivity index is 1.90. The largest absolute Gasteiger partial charge is 0.387 e. The Morgan fingerprint density at radius 1 is 1.39 bits per heavy atom. The highest BCUT2D eigenvalue weighted by atomic mass is 19.1. The molecule has 0 aliphatic heterocycles. The highest BCUT2D eigenvalue weighted by Crippen LogP contribution is 2.29. The first-order valence-corrected chi connectivity index (χ1v) is 6.44.